The molecule has 0 heterocycles. The number of aliphatic imine (C=N–C) groups is 1. The molecule has 0 aromatic heterocycles. The lowest BCUT2D eigenvalue weighted by Gasteiger charge is -2.27. The molecule has 0 aliphatic heterocycles. The van der Waals surface area contributed by atoms with Gasteiger partial charge in [0.25, 0.3) is 0 Å². The summed E-state index contributed by atoms with van der Waals surface area (Å²) in [5.41, 5.74) is 1.07. The van der Waals surface area contributed by atoms with E-state index in [1.165, 1.54) is 32.1 Å². The molecule has 0 N–H and O–H groups in total. The quantitative estimate of drug-likeness (QED) is 0.502. The van der Waals surface area contributed by atoms with Crippen molar-refractivity contribution < 1.29 is 0 Å². The van der Waals surface area contributed by atoms with Crippen LogP contribution in [0, 0.1) is 5.92 Å². The number of halogens is 1. The Labute approximate surface area is 99.3 Å². The van der Waals surface area contributed by atoms with Crippen LogP contribution in [0.2, 0.25) is 0 Å². The highest BCUT2D eigenvalue weighted by Crippen LogP contribution is 2.28. The Morgan fingerprint density at radius 1 is 1.27 bits per heavy atom. The lowest BCUT2D eigenvalue weighted by molar-refractivity contribution is 0.317. The van der Waals surface area contributed by atoms with Gasteiger partial charge in [0.1, 0.15) is 0 Å². The smallest absolute Gasteiger partial charge is 0.0763 e. The molecule has 0 saturated heterocycles. The van der Waals surface area contributed by atoms with Crippen LogP contribution in [0.25, 0.3) is 0 Å². The molecule has 1 atom stereocenters. The lowest BCUT2D eigenvalue weighted by Crippen LogP contribution is -2.26. The van der Waals surface area contributed by atoms with Crippen molar-refractivity contribution in [3.05, 3.63) is 0 Å². The van der Waals surface area contributed by atoms with Crippen LogP contribution >= 0.6 is 11.6 Å². The molecule has 0 spiro atoms. The van der Waals surface area contributed by atoms with Crippen LogP contribution in [-0.4, -0.2) is 16.6 Å². The van der Waals surface area contributed by atoms with Gasteiger partial charge in [0.05, 0.1) is 4.87 Å². The molecule has 0 amide bonds. The number of alkyl halides is 1. The summed E-state index contributed by atoms with van der Waals surface area (Å²) in [6, 6.07) is 0.448. The second kappa shape index (κ2) is 5.34. The highest BCUT2D eigenvalue weighted by atomic mass is 35.5. The van der Waals surface area contributed by atoms with Crippen LogP contribution < -0.4 is 0 Å². The van der Waals surface area contributed by atoms with Gasteiger partial charge in [-0.25, -0.2) is 0 Å². The summed E-state index contributed by atoms with van der Waals surface area (Å²) in [4.78, 5) is 4.47. The summed E-state index contributed by atoms with van der Waals surface area (Å²) in [6.07, 6.45) is 6.87. The zero-order chi connectivity index (χ0) is 11.5. The highest BCUT2D eigenvalue weighted by Gasteiger charge is 2.22. The van der Waals surface area contributed by atoms with Crippen molar-refractivity contribution in [3.8, 4) is 0 Å². The molecule has 0 unspecified atom stereocenters. The van der Waals surface area contributed by atoms with E-state index in [1.54, 1.807) is 0 Å². The van der Waals surface area contributed by atoms with Crippen molar-refractivity contribution in [2.24, 2.45) is 10.9 Å². The van der Waals surface area contributed by atoms with E-state index >= 15 is 0 Å². The first-order valence-electron chi connectivity index (χ1n) is 6.15. The minimum atomic E-state index is -0.289. The Morgan fingerprint density at radius 2 is 1.80 bits per heavy atom. The van der Waals surface area contributed by atoms with E-state index in [4.69, 9.17) is 16.6 Å². The van der Waals surface area contributed by atoms with Crippen molar-refractivity contribution in [1.29, 1.82) is 0 Å². The van der Waals surface area contributed by atoms with Gasteiger partial charge in [0.2, 0.25) is 0 Å². The van der Waals surface area contributed by atoms with E-state index in [0.29, 0.717) is 6.04 Å². The van der Waals surface area contributed by atoms with Crippen LogP contribution in [-0.2, 0) is 0 Å². The van der Waals surface area contributed by atoms with Crippen LogP contribution in [0.3, 0.4) is 0 Å². The molecule has 88 valence electrons. The van der Waals surface area contributed by atoms with Gasteiger partial charge in [0.15, 0.2) is 0 Å². The third-order valence-electron chi connectivity index (χ3n) is 3.59. The minimum Gasteiger partial charge on any atom is -0.289 e. The monoisotopic (exact) mass is 229 g/mol. The molecule has 1 saturated carbocycles. The third-order valence-corrected chi connectivity index (χ3v) is 3.86. The second-order valence-corrected chi connectivity index (χ2v) is 6.27. The Bertz CT molecular complexity index is 221. The number of hydrogen-bond acceptors (Lipinski definition) is 1. The SMILES string of the molecule is CC(=N[C@@H](C)C1CCCCC1)C(C)(C)Cl. The Morgan fingerprint density at radius 3 is 2.27 bits per heavy atom. The van der Waals surface area contributed by atoms with E-state index in [1.807, 2.05) is 20.8 Å². The fourth-order valence-electron chi connectivity index (χ4n) is 2.18. The van der Waals surface area contributed by atoms with Crippen molar-refractivity contribution in [2.75, 3.05) is 0 Å². The second-order valence-electron chi connectivity index (χ2n) is 5.33. The predicted molar refractivity (Wildman–Crippen MR) is 69.1 cm³/mol. The first-order chi connectivity index (χ1) is 6.91. The summed E-state index contributed by atoms with van der Waals surface area (Å²) >= 11 is 6.24. The average Bonchev–Trinajstić information content (AvgIpc) is 2.17. The van der Waals surface area contributed by atoms with E-state index in [0.717, 1.165) is 11.6 Å². The van der Waals surface area contributed by atoms with E-state index < -0.39 is 0 Å². The number of rotatable bonds is 3. The first kappa shape index (κ1) is 13.0. The third kappa shape index (κ3) is 4.14. The molecule has 1 nitrogen and oxygen atoms in total. The maximum atomic E-state index is 6.24. The van der Waals surface area contributed by atoms with Crippen molar-refractivity contribution in [3.63, 3.8) is 0 Å². The van der Waals surface area contributed by atoms with Crippen molar-refractivity contribution in [1.82, 2.24) is 0 Å². The summed E-state index contributed by atoms with van der Waals surface area (Å²) < 4.78 is 0. The predicted octanol–water partition coefficient (Wildman–Crippen LogP) is 4.43. The molecule has 1 aliphatic carbocycles. The summed E-state index contributed by atoms with van der Waals surface area (Å²) in [5.74, 6) is 0.785. The van der Waals surface area contributed by atoms with Gasteiger partial charge < -0.3 is 0 Å². The van der Waals surface area contributed by atoms with Crippen LogP contribution in [0.15, 0.2) is 4.99 Å². The topological polar surface area (TPSA) is 12.4 Å². The lowest BCUT2D eigenvalue weighted by atomic mass is 9.84. The van der Waals surface area contributed by atoms with Gasteiger partial charge in [-0.2, -0.15) is 0 Å². The number of nitrogens with zero attached hydrogens (tertiary/aromatic N) is 1. The molecule has 15 heavy (non-hydrogen) atoms. The first-order valence-corrected chi connectivity index (χ1v) is 6.53. The highest BCUT2D eigenvalue weighted by molar-refractivity contribution is 6.35. The van der Waals surface area contributed by atoms with Gasteiger partial charge in [-0.1, -0.05) is 19.3 Å². The van der Waals surface area contributed by atoms with Gasteiger partial charge >= 0.3 is 0 Å². The molecule has 0 aromatic carbocycles. The summed E-state index contributed by atoms with van der Waals surface area (Å²) in [5, 5.41) is 0. The zero-order valence-corrected chi connectivity index (χ0v) is 11.3. The normalized spacial score (nSPS) is 22.9. The Balaban J connectivity index is 2.56. The summed E-state index contributed by atoms with van der Waals surface area (Å²) in [7, 11) is 0. The van der Waals surface area contributed by atoms with Gasteiger partial charge in [-0.15, -0.1) is 11.6 Å². The summed E-state index contributed by atoms with van der Waals surface area (Å²) in [6.45, 7) is 8.32. The Hall–Kier alpha value is -0.0400. The average molecular weight is 230 g/mol. The molecule has 1 rings (SSSR count). The van der Waals surface area contributed by atoms with E-state index in [-0.39, 0.29) is 4.87 Å². The van der Waals surface area contributed by atoms with Crippen LogP contribution in [0.5, 0.6) is 0 Å². The Kier molecular flexibility index (Phi) is 4.64. The largest absolute Gasteiger partial charge is 0.289 e. The fourth-order valence-corrected chi connectivity index (χ4v) is 2.23. The molecule has 0 bridgehead atoms. The maximum absolute atomic E-state index is 6.24. The van der Waals surface area contributed by atoms with Crippen LogP contribution in [0.1, 0.15) is 59.8 Å². The fraction of sp³-hybridized carbons (Fsp3) is 0.923. The van der Waals surface area contributed by atoms with Crippen LogP contribution in [0.4, 0.5) is 0 Å². The standard InChI is InChI=1S/C13H24ClN/c1-10(12-8-6-5-7-9-12)15-11(2)13(3,4)14/h10,12H,5-9H2,1-4H3/t10-/m0/s1. The van der Waals surface area contributed by atoms with E-state index in [2.05, 4.69) is 6.92 Å². The molecular weight excluding hydrogens is 206 g/mol. The van der Waals surface area contributed by atoms with Gasteiger partial charge in [-0.3, -0.25) is 4.99 Å². The molecular formula is C13H24ClN. The van der Waals surface area contributed by atoms with Crippen molar-refractivity contribution >= 4 is 17.3 Å². The minimum absolute atomic E-state index is 0.289. The molecule has 2 heteroatoms. The number of hydrogen-bond donors (Lipinski definition) is 0. The maximum Gasteiger partial charge on any atom is 0.0763 e. The molecule has 1 fully saturated rings. The van der Waals surface area contributed by atoms with Crippen molar-refractivity contribution in [2.45, 2.75) is 70.7 Å². The molecule has 0 aromatic rings. The molecule has 0 radical (unpaired) electrons. The van der Waals surface area contributed by atoms with Gasteiger partial charge in [-0.05, 0) is 46.5 Å². The molecule has 1 aliphatic rings. The van der Waals surface area contributed by atoms with E-state index in [9.17, 15) is 0 Å². The van der Waals surface area contributed by atoms with Gasteiger partial charge in [0, 0.05) is 11.8 Å². The zero-order valence-electron chi connectivity index (χ0n) is 10.5.